The second-order valence-electron chi connectivity index (χ2n) is 8.63. The average molecular weight is 437 g/mol. The van der Waals surface area contributed by atoms with Gasteiger partial charge in [-0.05, 0) is 61.6 Å². The predicted molar refractivity (Wildman–Crippen MR) is 125 cm³/mol. The zero-order valence-electron chi connectivity index (χ0n) is 18.8. The summed E-state index contributed by atoms with van der Waals surface area (Å²) < 4.78 is 11.6. The third-order valence-electron chi connectivity index (χ3n) is 6.32. The standard InChI is InChI=1S/C26H32N2O4/c1-18-6-5-7-19(2)21(18)10-11-26(30)28-14-12-20(13-15-28)27-16-22(29)25-17-31-23-8-3-4-9-24(23)32-25/h3-11,20,22,25,27,29H,12-17H2,1-2H3. The summed E-state index contributed by atoms with van der Waals surface area (Å²) in [5, 5.41) is 14.0. The molecule has 2 heterocycles. The molecule has 2 atom stereocenters. The van der Waals surface area contributed by atoms with Crippen molar-refractivity contribution in [2.45, 2.75) is 44.9 Å². The van der Waals surface area contributed by atoms with Crippen molar-refractivity contribution in [1.29, 1.82) is 0 Å². The number of para-hydroxylation sites is 2. The van der Waals surface area contributed by atoms with Gasteiger partial charge in [-0.3, -0.25) is 4.79 Å². The lowest BCUT2D eigenvalue weighted by Crippen LogP contribution is -2.50. The molecule has 1 amide bonds. The van der Waals surface area contributed by atoms with Crippen molar-refractivity contribution in [1.82, 2.24) is 10.2 Å². The summed E-state index contributed by atoms with van der Waals surface area (Å²) in [5.74, 6) is 1.44. The number of carbonyl (C=O) groups excluding carboxylic acids is 1. The summed E-state index contributed by atoms with van der Waals surface area (Å²) in [6.07, 6.45) is 4.28. The number of hydrogen-bond donors (Lipinski definition) is 2. The zero-order valence-corrected chi connectivity index (χ0v) is 18.8. The first-order valence-electron chi connectivity index (χ1n) is 11.3. The Morgan fingerprint density at radius 2 is 1.81 bits per heavy atom. The number of benzene rings is 2. The smallest absolute Gasteiger partial charge is 0.246 e. The first kappa shape index (κ1) is 22.4. The summed E-state index contributed by atoms with van der Waals surface area (Å²) in [6.45, 7) is 6.30. The van der Waals surface area contributed by atoms with E-state index >= 15 is 0 Å². The van der Waals surface area contributed by atoms with Gasteiger partial charge in [0, 0.05) is 31.8 Å². The second-order valence-corrected chi connectivity index (χ2v) is 8.63. The Hall–Kier alpha value is -2.83. The van der Waals surface area contributed by atoms with E-state index in [0.29, 0.717) is 37.7 Å². The Bertz CT molecular complexity index is 946. The number of likely N-dealkylation sites (tertiary alicyclic amines) is 1. The van der Waals surface area contributed by atoms with E-state index < -0.39 is 12.2 Å². The van der Waals surface area contributed by atoms with Crippen LogP contribution in [0.25, 0.3) is 6.08 Å². The highest BCUT2D eigenvalue weighted by Gasteiger charge is 2.29. The van der Waals surface area contributed by atoms with Crippen molar-refractivity contribution in [3.8, 4) is 11.5 Å². The molecule has 0 spiro atoms. The molecular weight excluding hydrogens is 404 g/mol. The van der Waals surface area contributed by atoms with Crippen LogP contribution in [0.15, 0.2) is 48.5 Å². The number of amides is 1. The van der Waals surface area contributed by atoms with Gasteiger partial charge in [-0.25, -0.2) is 0 Å². The SMILES string of the molecule is Cc1cccc(C)c1C=CC(=O)N1CCC(NCC(O)C2COc3ccccc3O2)CC1. The van der Waals surface area contributed by atoms with E-state index in [2.05, 4.69) is 31.3 Å². The number of aliphatic hydroxyl groups is 1. The lowest BCUT2D eigenvalue weighted by Gasteiger charge is -2.34. The molecule has 6 heteroatoms. The van der Waals surface area contributed by atoms with Gasteiger partial charge in [-0.15, -0.1) is 0 Å². The first-order chi connectivity index (χ1) is 15.5. The van der Waals surface area contributed by atoms with Crippen molar-refractivity contribution >= 4 is 12.0 Å². The van der Waals surface area contributed by atoms with E-state index in [0.717, 1.165) is 18.4 Å². The van der Waals surface area contributed by atoms with E-state index in [9.17, 15) is 9.90 Å². The molecule has 2 N–H and O–H groups in total. The Morgan fingerprint density at radius 3 is 2.53 bits per heavy atom. The van der Waals surface area contributed by atoms with Crippen LogP contribution in [0.5, 0.6) is 11.5 Å². The number of nitrogens with one attached hydrogen (secondary N) is 1. The van der Waals surface area contributed by atoms with Gasteiger partial charge in [0.15, 0.2) is 17.6 Å². The van der Waals surface area contributed by atoms with Gasteiger partial charge < -0.3 is 24.8 Å². The minimum atomic E-state index is -0.664. The summed E-state index contributed by atoms with van der Waals surface area (Å²) in [6, 6.07) is 13.9. The van der Waals surface area contributed by atoms with E-state index in [4.69, 9.17) is 9.47 Å². The number of aryl methyl sites for hydroxylation is 2. The molecular formula is C26H32N2O4. The van der Waals surface area contributed by atoms with Crippen LogP contribution in [-0.2, 0) is 4.79 Å². The summed E-state index contributed by atoms with van der Waals surface area (Å²) in [5.41, 5.74) is 3.46. The number of aliphatic hydroxyl groups excluding tert-OH is 1. The molecule has 1 fully saturated rings. The average Bonchev–Trinajstić information content (AvgIpc) is 2.82. The fourth-order valence-corrected chi connectivity index (χ4v) is 4.30. The largest absolute Gasteiger partial charge is 0.486 e. The minimum absolute atomic E-state index is 0.0533. The third kappa shape index (κ3) is 5.31. The van der Waals surface area contributed by atoms with Crippen LogP contribution in [0.2, 0.25) is 0 Å². The fourth-order valence-electron chi connectivity index (χ4n) is 4.30. The maximum Gasteiger partial charge on any atom is 0.246 e. The van der Waals surface area contributed by atoms with Crippen molar-refractivity contribution in [2.75, 3.05) is 26.2 Å². The Labute approximate surface area is 189 Å². The van der Waals surface area contributed by atoms with E-state index in [1.807, 2.05) is 41.3 Å². The number of ether oxygens (including phenoxy) is 2. The highest BCUT2D eigenvalue weighted by atomic mass is 16.6. The highest BCUT2D eigenvalue weighted by molar-refractivity contribution is 5.92. The molecule has 6 nitrogen and oxygen atoms in total. The third-order valence-corrected chi connectivity index (χ3v) is 6.32. The zero-order chi connectivity index (χ0) is 22.5. The normalized spacial score (nSPS) is 19.8. The van der Waals surface area contributed by atoms with Gasteiger partial charge >= 0.3 is 0 Å². The maximum absolute atomic E-state index is 12.6. The van der Waals surface area contributed by atoms with Crippen LogP contribution in [0, 0.1) is 13.8 Å². The van der Waals surface area contributed by atoms with E-state index in [1.54, 1.807) is 6.08 Å². The molecule has 2 aliphatic heterocycles. The molecule has 0 aromatic heterocycles. The summed E-state index contributed by atoms with van der Waals surface area (Å²) >= 11 is 0. The van der Waals surface area contributed by atoms with Gasteiger partial charge in [0.05, 0.1) is 0 Å². The summed E-state index contributed by atoms with van der Waals surface area (Å²) in [7, 11) is 0. The van der Waals surface area contributed by atoms with Gasteiger partial charge in [0.1, 0.15) is 12.7 Å². The Kier molecular flexibility index (Phi) is 7.12. The Balaban J connectivity index is 1.21. The molecule has 2 aliphatic rings. The molecule has 2 aromatic carbocycles. The van der Waals surface area contributed by atoms with Gasteiger partial charge in [-0.2, -0.15) is 0 Å². The molecule has 0 bridgehead atoms. The number of fused-ring (bicyclic) bond motifs is 1. The van der Waals surface area contributed by atoms with Crippen LogP contribution in [0.1, 0.15) is 29.5 Å². The number of nitrogens with zero attached hydrogens (tertiary/aromatic N) is 1. The maximum atomic E-state index is 12.6. The van der Waals surface area contributed by atoms with Crippen LogP contribution < -0.4 is 14.8 Å². The topological polar surface area (TPSA) is 71.0 Å². The van der Waals surface area contributed by atoms with Gasteiger partial charge in [0.25, 0.3) is 0 Å². The van der Waals surface area contributed by atoms with E-state index in [-0.39, 0.29) is 11.9 Å². The van der Waals surface area contributed by atoms with Crippen LogP contribution in [0.3, 0.4) is 0 Å². The fraction of sp³-hybridized carbons (Fsp3) is 0.423. The van der Waals surface area contributed by atoms with Crippen molar-refractivity contribution in [2.24, 2.45) is 0 Å². The molecule has 0 saturated carbocycles. The molecule has 1 saturated heterocycles. The predicted octanol–water partition coefficient (Wildman–Crippen LogP) is 3.10. The molecule has 0 aliphatic carbocycles. The molecule has 2 unspecified atom stereocenters. The molecule has 2 aromatic rings. The number of carbonyl (C=O) groups is 1. The second kappa shape index (κ2) is 10.2. The van der Waals surface area contributed by atoms with E-state index in [1.165, 1.54) is 11.1 Å². The highest BCUT2D eigenvalue weighted by Crippen LogP contribution is 2.31. The molecule has 32 heavy (non-hydrogen) atoms. The number of piperidine rings is 1. The molecule has 4 rings (SSSR count). The minimum Gasteiger partial charge on any atom is -0.486 e. The van der Waals surface area contributed by atoms with Crippen molar-refractivity contribution in [3.63, 3.8) is 0 Å². The quantitative estimate of drug-likeness (QED) is 0.681. The van der Waals surface area contributed by atoms with Gasteiger partial charge in [0.2, 0.25) is 5.91 Å². The van der Waals surface area contributed by atoms with Crippen LogP contribution in [0.4, 0.5) is 0 Å². The molecule has 170 valence electrons. The number of rotatable bonds is 6. The first-order valence-corrected chi connectivity index (χ1v) is 11.3. The van der Waals surface area contributed by atoms with Gasteiger partial charge in [-0.1, -0.05) is 30.3 Å². The lowest BCUT2D eigenvalue weighted by molar-refractivity contribution is -0.127. The number of hydrogen-bond acceptors (Lipinski definition) is 5. The van der Waals surface area contributed by atoms with Crippen molar-refractivity contribution < 1.29 is 19.4 Å². The summed E-state index contributed by atoms with van der Waals surface area (Å²) in [4.78, 5) is 14.5. The van der Waals surface area contributed by atoms with Crippen LogP contribution >= 0.6 is 0 Å². The molecule has 0 radical (unpaired) electrons. The van der Waals surface area contributed by atoms with Crippen LogP contribution in [-0.4, -0.2) is 60.4 Å². The lowest BCUT2D eigenvalue weighted by atomic mass is 10.0. The monoisotopic (exact) mass is 436 g/mol. The Morgan fingerprint density at radius 1 is 1.12 bits per heavy atom. The van der Waals surface area contributed by atoms with Crippen molar-refractivity contribution in [3.05, 3.63) is 65.2 Å².